The SMILES string of the molecule is CC(C)(NC1CCCc2ccccc21)C(=O)O. The zero-order chi connectivity index (χ0) is 12.5. The minimum absolute atomic E-state index is 0.158. The average Bonchev–Trinajstić information content (AvgIpc) is 2.29. The summed E-state index contributed by atoms with van der Waals surface area (Å²) in [7, 11) is 0. The van der Waals surface area contributed by atoms with Gasteiger partial charge in [-0.1, -0.05) is 24.3 Å². The van der Waals surface area contributed by atoms with E-state index in [9.17, 15) is 4.79 Å². The Balaban J connectivity index is 2.22. The third-order valence-corrected chi connectivity index (χ3v) is 3.44. The maximum Gasteiger partial charge on any atom is 0.323 e. The fourth-order valence-corrected chi connectivity index (χ4v) is 2.40. The van der Waals surface area contributed by atoms with Gasteiger partial charge in [0.05, 0.1) is 0 Å². The van der Waals surface area contributed by atoms with Gasteiger partial charge >= 0.3 is 5.97 Å². The predicted molar refractivity (Wildman–Crippen MR) is 67.0 cm³/mol. The number of fused-ring (bicyclic) bond motifs is 1. The quantitative estimate of drug-likeness (QED) is 0.843. The molecule has 2 rings (SSSR count). The molecule has 3 nitrogen and oxygen atoms in total. The lowest BCUT2D eigenvalue weighted by Gasteiger charge is -2.32. The zero-order valence-electron chi connectivity index (χ0n) is 10.4. The highest BCUT2D eigenvalue weighted by molar-refractivity contribution is 5.77. The Morgan fingerprint density at radius 3 is 2.82 bits per heavy atom. The van der Waals surface area contributed by atoms with Gasteiger partial charge in [-0.05, 0) is 44.2 Å². The van der Waals surface area contributed by atoms with Gasteiger partial charge in [-0.25, -0.2) is 0 Å². The van der Waals surface area contributed by atoms with Crippen molar-refractivity contribution in [2.24, 2.45) is 0 Å². The van der Waals surface area contributed by atoms with Crippen LogP contribution in [-0.4, -0.2) is 16.6 Å². The second kappa shape index (κ2) is 4.49. The van der Waals surface area contributed by atoms with Crippen molar-refractivity contribution in [3.05, 3.63) is 35.4 Å². The summed E-state index contributed by atoms with van der Waals surface area (Å²) >= 11 is 0. The van der Waals surface area contributed by atoms with Crippen LogP contribution in [0.4, 0.5) is 0 Å². The van der Waals surface area contributed by atoms with Gasteiger partial charge in [0.15, 0.2) is 0 Å². The van der Waals surface area contributed by atoms with E-state index in [1.807, 2.05) is 12.1 Å². The Morgan fingerprint density at radius 2 is 2.12 bits per heavy atom. The standard InChI is InChI=1S/C14H19NO2/c1-14(2,13(16)17)15-12-9-5-7-10-6-3-4-8-11(10)12/h3-4,6,8,12,15H,5,7,9H2,1-2H3,(H,16,17). The minimum Gasteiger partial charge on any atom is -0.480 e. The van der Waals surface area contributed by atoms with Gasteiger partial charge in [0, 0.05) is 6.04 Å². The molecule has 0 saturated carbocycles. The molecule has 1 aromatic rings. The second-order valence-electron chi connectivity index (χ2n) is 5.22. The van der Waals surface area contributed by atoms with E-state index >= 15 is 0 Å². The highest BCUT2D eigenvalue weighted by atomic mass is 16.4. The van der Waals surface area contributed by atoms with Crippen LogP contribution in [0.3, 0.4) is 0 Å². The molecule has 0 fully saturated rings. The van der Waals surface area contributed by atoms with Crippen LogP contribution < -0.4 is 5.32 Å². The van der Waals surface area contributed by atoms with E-state index in [0.717, 1.165) is 19.3 Å². The number of nitrogens with one attached hydrogen (secondary N) is 1. The molecule has 1 aliphatic rings. The average molecular weight is 233 g/mol. The molecule has 1 aromatic carbocycles. The van der Waals surface area contributed by atoms with Crippen LogP contribution in [-0.2, 0) is 11.2 Å². The topological polar surface area (TPSA) is 49.3 Å². The summed E-state index contributed by atoms with van der Waals surface area (Å²) < 4.78 is 0. The fraction of sp³-hybridized carbons (Fsp3) is 0.500. The molecule has 1 atom stereocenters. The number of carboxylic acid groups (broad SMARTS) is 1. The van der Waals surface area contributed by atoms with Gasteiger partial charge in [-0.15, -0.1) is 0 Å². The molecule has 1 aliphatic carbocycles. The van der Waals surface area contributed by atoms with Crippen molar-refractivity contribution in [3.8, 4) is 0 Å². The molecule has 0 aromatic heterocycles. The van der Waals surface area contributed by atoms with Crippen molar-refractivity contribution in [3.63, 3.8) is 0 Å². The van der Waals surface area contributed by atoms with E-state index in [1.165, 1.54) is 11.1 Å². The number of hydrogen-bond donors (Lipinski definition) is 2. The number of carboxylic acids is 1. The lowest BCUT2D eigenvalue weighted by Crippen LogP contribution is -2.48. The summed E-state index contributed by atoms with van der Waals surface area (Å²) in [5, 5.41) is 12.4. The monoisotopic (exact) mass is 233 g/mol. The normalized spacial score (nSPS) is 19.8. The van der Waals surface area contributed by atoms with E-state index in [2.05, 4.69) is 17.4 Å². The molecule has 92 valence electrons. The smallest absolute Gasteiger partial charge is 0.323 e. The third-order valence-electron chi connectivity index (χ3n) is 3.44. The van der Waals surface area contributed by atoms with E-state index < -0.39 is 11.5 Å². The van der Waals surface area contributed by atoms with Gasteiger partial charge in [0.1, 0.15) is 5.54 Å². The first-order valence-electron chi connectivity index (χ1n) is 6.09. The second-order valence-corrected chi connectivity index (χ2v) is 5.22. The van der Waals surface area contributed by atoms with Crippen molar-refractivity contribution in [1.29, 1.82) is 0 Å². The van der Waals surface area contributed by atoms with E-state index in [1.54, 1.807) is 13.8 Å². The van der Waals surface area contributed by atoms with Crippen molar-refractivity contribution in [2.75, 3.05) is 0 Å². The first-order chi connectivity index (χ1) is 8.00. The molecule has 1 unspecified atom stereocenters. The molecule has 0 aliphatic heterocycles. The molecule has 3 heteroatoms. The number of hydrogen-bond acceptors (Lipinski definition) is 2. The van der Waals surface area contributed by atoms with Crippen molar-refractivity contribution >= 4 is 5.97 Å². The van der Waals surface area contributed by atoms with Gasteiger partial charge < -0.3 is 5.11 Å². The number of aliphatic carboxylic acids is 1. The van der Waals surface area contributed by atoms with Crippen LogP contribution in [0.25, 0.3) is 0 Å². The fourth-order valence-electron chi connectivity index (χ4n) is 2.40. The van der Waals surface area contributed by atoms with Crippen LogP contribution in [0.5, 0.6) is 0 Å². The summed E-state index contributed by atoms with van der Waals surface area (Å²) in [6.45, 7) is 3.43. The highest BCUT2D eigenvalue weighted by Gasteiger charge is 2.31. The van der Waals surface area contributed by atoms with Crippen molar-refractivity contribution in [1.82, 2.24) is 5.32 Å². The zero-order valence-corrected chi connectivity index (χ0v) is 10.4. The van der Waals surface area contributed by atoms with Crippen LogP contribution in [0, 0.1) is 0 Å². The Morgan fingerprint density at radius 1 is 1.41 bits per heavy atom. The van der Waals surface area contributed by atoms with E-state index in [-0.39, 0.29) is 6.04 Å². The molecular formula is C14H19NO2. The maximum atomic E-state index is 11.1. The highest BCUT2D eigenvalue weighted by Crippen LogP contribution is 2.30. The summed E-state index contributed by atoms with van der Waals surface area (Å²) in [6.07, 6.45) is 3.22. The molecule has 17 heavy (non-hydrogen) atoms. The number of rotatable bonds is 3. The Hall–Kier alpha value is -1.35. The molecule has 2 N–H and O–H groups in total. The molecule has 0 radical (unpaired) electrons. The van der Waals surface area contributed by atoms with Gasteiger partial charge in [0.2, 0.25) is 0 Å². The first-order valence-corrected chi connectivity index (χ1v) is 6.09. The van der Waals surface area contributed by atoms with Crippen LogP contribution in [0.1, 0.15) is 43.9 Å². The largest absolute Gasteiger partial charge is 0.480 e. The summed E-state index contributed by atoms with van der Waals surface area (Å²) in [4.78, 5) is 11.1. The lowest BCUT2D eigenvalue weighted by atomic mass is 9.86. The van der Waals surface area contributed by atoms with Crippen LogP contribution in [0.2, 0.25) is 0 Å². The minimum atomic E-state index is -0.880. The molecule has 0 spiro atoms. The number of benzene rings is 1. The Bertz CT molecular complexity index is 426. The van der Waals surface area contributed by atoms with Crippen LogP contribution >= 0.6 is 0 Å². The van der Waals surface area contributed by atoms with Gasteiger partial charge in [0.25, 0.3) is 0 Å². The predicted octanol–water partition coefficient (Wildman–Crippen LogP) is 2.52. The number of aryl methyl sites for hydroxylation is 1. The van der Waals surface area contributed by atoms with Crippen molar-refractivity contribution in [2.45, 2.75) is 44.7 Å². The molecule has 0 heterocycles. The third kappa shape index (κ3) is 2.50. The molecule has 0 bridgehead atoms. The molecule has 0 amide bonds. The molecular weight excluding hydrogens is 214 g/mol. The summed E-state index contributed by atoms with van der Waals surface area (Å²) in [5.41, 5.74) is 1.72. The maximum absolute atomic E-state index is 11.1. The van der Waals surface area contributed by atoms with E-state index in [0.29, 0.717) is 0 Å². The summed E-state index contributed by atoms with van der Waals surface area (Å²) in [5.74, 6) is -0.805. The number of carbonyl (C=O) groups is 1. The lowest BCUT2D eigenvalue weighted by molar-refractivity contribution is -0.143. The first kappa shape index (κ1) is 12.1. The van der Waals surface area contributed by atoms with Crippen molar-refractivity contribution < 1.29 is 9.90 Å². The molecule has 0 saturated heterocycles. The van der Waals surface area contributed by atoms with E-state index in [4.69, 9.17) is 5.11 Å². The Kier molecular flexibility index (Phi) is 3.20. The van der Waals surface area contributed by atoms with Gasteiger partial charge in [-0.3, -0.25) is 10.1 Å². The van der Waals surface area contributed by atoms with Crippen LogP contribution in [0.15, 0.2) is 24.3 Å². The Labute approximate surface area is 102 Å². The van der Waals surface area contributed by atoms with Gasteiger partial charge in [-0.2, -0.15) is 0 Å². The summed E-state index contributed by atoms with van der Waals surface area (Å²) in [6, 6.07) is 8.46.